The number of amides is 1. The van der Waals surface area contributed by atoms with Crippen molar-refractivity contribution in [3.05, 3.63) is 65.4 Å². The average Bonchev–Trinajstić information content (AvgIpc) is 3.29. The van der Waals surface area contributed by atoms with Crippen molar-refractivity contribution in [2.45, 2.75) is 31.7 Å². The molecule has 2 heterocycles. The Balaban J connectivity index is 1.77. The summed E-state index contributed by atoms with van der Waals surface area (Å²) in [6, 6.07) is 9.35. The molecule has 0 spiro atoms. The predicted molar refractivity (Wildman–Crippen MR) is 97.7 cm³/mol. The minimum atomic E-state index is -3.76. The van der Waals surface area contributed by atoms with Crippen LogP contribution in [0.2, 0.25) is 0 Å². The van der Waals surface area contributed by atoms with Crippen LogP contribution in [0.1, 0.15) is 34.5 Å². The molecule has 0 radical (unpaired) electrons. The second-order valence-electron chi connectivity index (χ2n) is 5.80. The van der Waals surface area contributed by atoms with Crippen molar-refractivity contribution >= 4 is 21.6 Å². The van der Waals surface area contributed by atoms with E-state index in [0.29, 0.717) is 34.9 Å². The maximum absolute atomic E-state index is 12.5. The van der Waals surface area contributed by atoms with E-state index in [4.69, 9.17) is 8.94 Å². The van der Waals surface area contributed by atoms with Gasteiger partial charge in [0, 0.05) is 5.69 Å². The largest absolute Gasteiger partial charge is 0.468 e. The molecule has 0 atom stereocenters. The number of aryl methyl sites for hydroxylation is 2. The van der Waals surface area contributed by atoms with Crippen molar-refractivity contribution in [2.75, 3.05) is 5.32 Å². The van der Waals surface area contributed by atoms with Crippen molar-refractivity contribution < 1.29 is 22.2 Å². The molecule has 0 saturated carbocycles. The third-order valence-corrected chi connectivity index (χ3v) is 5.31. The van der Waals surface area contributed by atoms with Crippen molar-refractivity contribution in [1.29, 1.82) is 0 Å². The van der Waals surface area contributed by atoms with Crippen molar-refractivity contribution in [3.63, 3.8) is 0 Å². The summed E-state index contributed by atoms with van der Waals surface area (Å²) in [7, 11) is -3.76. The zero-order valence-corrected chi connectivity index (χ0v) is 15.7. The first-order valence-corrected chi connectivity index (χ1v) is 9.77. The normalized spacial score (nSPS) is 11.5. The lowest BCUT2D eigenvalue weighted by molar-refractivity contribution is 0.102. The predicted octanol–water partition coefficient (Wildman–Crippen LogP) is 2.87. The highest BCUT2D eigenvalue weighted by Crippen LogP contribution is 2.19. The van der Waals surface area contributed by atoms with Gasteiger partial charge in [0.1, 0.15) is 17.1 Å². The molecule has 0 aliphatic carbocycles. The van der Waals surface area contributed by atoms with Gasteiger partial charge in [-0.15, -0.1) is 0 Å². The fourth-order valence-corrected chi connectivity index (χ4v) is 3.59. The molecule has 1 aromatic carbocycles. The van der Waals surface area contributed by atoms with Crippen LogP contribution in [0.15, 0.2) is 56.5 Å². The van der Waals surface area contributed by atoms with Crippen LogP contribution >= 0.6 is 0 Å². The summed E-state index contributed by atoms with van der Waals surface area (Å²) in [6.45, 7) is 3.55. The summed E-state index contributed by atoms with van der Waals surface area (Å²) in [6.07, 6.45) is 2.02. The molecular formula is C18H19N3O5S. The number of benzene rings is 1. The monoisotopic (exact) mass is 389 g/mol. The highest BCUT2D eigenvalue weighted by molar-refractivity contribution is 7.89. The van der Waals surface area contributed by atoms with Gasteiger partial charge in [0.2, 0.25) is 10.0 Å². The lowest BCUT2D eigenvalue weighted by atomic mass is 10.1. The van der Waals surface area contributed by atoms with Gasteiger partial charge < -0.3 is 14.3 Å². The Kier molecular flexibility index (Phi) is 5.43. The average molecular weight is 389 g/mol. The maximum atomic E-state index is 12.5. The van der Waals surface area contributed by atoms with Crippen LogP contribution in [-0.2, 0) is 23.0 Å². The first-order valence-electron chi connectivity index (χ1n) is 8.29. The van der Waals surface area contributed by atoms with Crippen LogP contribution in [0.4, 0.5) is 5.69 Å². The molecule has 142 valence electrons. The summed E-state index contributed by atoms with van der Waals surface area (Å²) >= 11 is 0. The van der Waals surface area contributed by atoms with E-state index in [0.717, 1.165) is 0 Å². The van der Waals surface area contributed by atoms with E-state index in [1.807, 2.05) is 6.92 Å². The summed E-state index contributed by atoms with van der Waals surface area (Å²) in [5, 5.41) is 6.54. The van der Waals surface area contributed by atoms with Gasteiger partial charge in [-0.3, -0.25) is 4.79 Å². The standard InChI is InChI=1S/C18H19N3O5S/c1-3-16-17(12(2)26-21-16)18(22)20-13-6-4-8-15(10-13)27(23,24)19-11-14-7-5-9-25-14/h4-10,19H,3,11H2,1-2H3,(H,20,22). The van der Waals surface area contributed by atoms with Crippen LogP contribution in [-0.4, -0.2) is 19.5 Å². The number of hydrogen-bond acceptors (Lipinski definition) is 6. The molecule has 27 heavy (non-hydrogen) atoms. The number of hydrogen-bond donors (Lipinski definition) is 2. The summed E-state index contributed by atoms with van der Waals surface area (Å²) in [5.41, 5.74) is 1.26. The van der Waals surface area contributed by atoms with E-state index in [9.17, 15) is 13.2 Å². The van der Waals surface area contributed by atoms with Crippen LogP contribution in [0.5, 0.6) is 0 Å². The summed E-state index contributed by atoms with van der Waals surface area (Å²) in [5.74, 6) is 0.509. The SMILES string of the molecule is CCc1noc(C)c1C(=O)Nc1cccc(S(=O)(=O)NCc2ccco2)c1. The van der Waals surface area contributed by atoms with Crippen LogP contribution in [0.3, 0.4) is 0 Å². The fourth-order valence-electron chi connectivity index (χ4n) is 2.55. The van der Waals surface area contributed by atoms with E-state index in [1.54, 1.807) is 31.2 Å². The number of anilines is 1. The lowest BCUT2D eigenvalue weighted by Crippen LogP contribution is -2.23. The zero-order valence-electron chi connectivity index (χ0n) is 14.9. The van der Waals surface area contributed by atoms with Gasteiger partial charge in [-0.25, -0.2) is 13.1 Å². The summed E-state index contributed by atoms with van der Waals surface area (Å²) in [4.78, 5) is 12.6. The van der Waals surface area contributed by atoms with Crippen LogP contribution < -0.4 is 10.0 Å². The quantitative estimate of drug-likeness (QED) is 0.642. The first kappa shape index (κ1) is 18.9. The van der Waals surface area contributed by atoms with Crippen molar-refractivity contribution in [2.24, 2.45) is 0 Å². The number of nitrogens with one attached hydrogen (secondary N) is 2. The molecule has 2 aromatic heterocycles. The molecule has 9 heteroatoms. The molecule has 0 fully saturated rings. The van der Waals surface area contributed by atoms with E-state index in [2.05, 4.69) is 15.2 Å². The minimum absolute atomic E-state index is 0.0320. The Labute approximate surface area is 156 Å². The Hall–Kier alpha value is -2.91. The Morgan fingerprint density at radius 1 is 1.22 bits per heavy atom. The number of rotatable bonds is 7. The highest BCUT2D eigenvalue weighted by atomic mass is 32.2. The Morgan fingerprint density at radius 3 is 2.74 bits per heavy atom. The molecule has 8 nitrogen and oxygen atoms in total. The number of nitrogens with zero attached hydrogens (tertiary/aromatic N) is 1. The molecule has 2 N–H and O–H groups in total. The highest BCUT2D eigenvalue weighted by Gasteiger charge is 2.20. The number of carbonyl (C=O) groups is 1. The van der Waals surface area contributed by atoms with E-state index < -0.39 is 15.9 Å². The molecule has 0 unspecified atom stereocenters. The van der Waals surface area contributed by atoms with Crippen molar-refractivity contribution in [3.8, 4) is 0 Å². The van der Waals surface area contributed by atoms with E-state index >= 15 is 0 Å². The van der Waals surface area contributed by atoms with Gasteiger partial charge in [0.05, 0.1) is 23.4 Å². The van der Waals surface area contributed by atoms with E-state index in [1.165, 1.54) is 18.4 Å². The summed E-state index contributed by atoms with van der Waals surface area (Å²) < 4.78 is 37.6. The Bertz CT molecular complexity index is 1040. The topological polar surface area (TPSA) is 114 Å². The molecular weight excluding hydrogens is 370 g/mol. The Morgan fingerprint density at radius 2 is 2.04 bits per heavy atom. The van der Waals surface area contributed by atoms with Gasteiger partial charge in [-0.05, 0) is 43.7 Å². The lowest BCUT2D eigenvalue weighted by Gasteiger charge is -2.09. The molecule has 1 amide bonds. The number of aromatic nitrogens is 1. The second-order valence-corrected chi connectivity index (χ2v) is 7.57. The number of sulfonamides is 1. The smallest absolute Gasteiger partial charge is 0.261 e. The van der Waals surface area contributed by atoms with Gasteiger partial charge >= 0.3 is 0 Å². The van der Waals surface area contributed by atoms with Gasteiger partial charge in [-0.2, -0.15) is 0 Å². The molecule has 3 aromatic rings. The fraction of sp³-hybridized carbons (Fsp3) is 0.222. The first-order chi connectivity index (χ1) is 12.9. The maximum Gasteiger partial charge on any atom is 0.261 e. The van der Waals surface area contributed by atoms with Crippen molar-refractivity contribution in [1.82, 2.24) is 9.88 Å². The van der Waals surface area contributed by atoms with Crippen LogP contribution in [0, 0.1) is 6.92 Å². The molecule has 0 saturated heterocycles. The van der Waals surface area contributed by atoms with Gasteiger partial charge in [0.15, 0.2) is 0 Å². The number of carbonyl (C=O) groups excluding carboxylic acids is 1. The molecule has 0 bridgehead atoms. The van der Waals surface area contributed by atoms with E-state index in [-0.39, 0.29) is 11.4 Å². The van der Waals surface area contributed by atoms with Gasteiger partial charge in [0.25, 0.3) is 5.91 Å². The second kappa shape index (κ2) is 7.77. The molecule has 3 rings (SSSR count). The number of furan rings is 1. The third-order valence-electron chi connectivity index (χ3n) is 3.91. The molecule has 0 aliphatic rings. The third kappa shape index (κ3) is 4.26. The molecule has 0 aliphatic heterocycles. The zero-order chi connectivity index (χ0) is 19.4. The minimum Gasteiger partial charge on any atom is -0.468 e. The van der Waals surface area contributed by atoms with Gasteiger partial charge in [-0.1, -0.05) is 18.1 Å². The van der Waals surface area contributed by atoms with Crippen LogP contribution in [0.25, 0.3) is 0 Å².